The van der Waals surface area contributed by atoms with Crippen LogP contribution in [-0.2, 0) is 18.2 Å². The molecule has 0 fully saturated rings. The highest BCUT2D eigenvalue weighted by Gasteiger charge is 2.19. The van der Waals surface area contributed by atoms with Crippen molar-refractivity contribution in [2.75, 3.05) is 0 Å². The molecule has 0 radical (unpaired) electrons. The normalized spacial score (nSPS) is 13.2. The van der Waals surface area contributed by atoms with Gasteiger partial charge in [0.15, 0.2) is 0 Å². The average Bonchev–Trinajstić information content (AvgIpc) is 2.48. The van der Waals surface area contributed by atoms with E-state index in [0.717, 1.165) is 5.56 Å². The van der Waals surface area contributed by atoms with Crippen LogP contribution in [0.5, 0.6) is 5.75 Å². The zero-order valence-corrected chi connectivity index (χ0v) is 12.7. The van der Waals surface area contributed by atoms with Crippen LogP contribution in [0.2, 0.25) is 0 Å². The highest BCUT2D eigenvalue weighted by atomic mass is 32.5. The summed E-state index contributed by atoms with van der Waals surface area (Å²) < 4.78 is 5.68. The first-order chi connectivity index (χ1) is 9.56. The molecule has 0 spiro atoms. The summed E-state index contributed by atoms with van der Waals surface area (Å²) >= 11 is 5.24. The second-order valence-electron chi connectivity index (χ2n) is 4.24. The van der Waals surface area contributed by atoms with E-state index in [4.69, 9.17) is 21.6 Å². The number of hydrogen-bond acceptors (Lipinski definition) is 3. The second-order valence-corrected chi connectivity index (χ2v) is 7.46. The summed E-state index contributed by atoms with van der Waals surface area (Å²) in [7, 11) is 0. The number of aryl methyl sites for hydroxylation is 1. The molecular formula is C15H14NO2PS. The first-order valence-electron chi connectivity index (χ1n) is 6.18. The Bertz CT molecular complexity index is 695. The molecule has 1 N–H and O–H groups in total. The Hall–Kier alpha value is -1.66. The molecule has 5 heteroatoms. The lowest BCUT2D eigenvalue weighted by atomic mass is 10.1. The fourth-order valence-electron chi connectivity index (χ4n) is 1.82. The van der Waals surface area contributed by atoms with Gasteiger partial charge in [-0.25, -0.2) is 0 Å². The van der Waals surface area contributed by atoms with Crippen LogP contribution in [0.4, 0.5) is 0 Å². The average molecular weight is 303 g/mol. The highest BCUT2D eigenvalue weighted by molar-refractivity contribution is 8.13. The first-order valence-corrected chi connectivity index (χ1v) is 8.85. The van der Waals surface area contributed by atoms with Gasteiger partial charge in [-0.1, -0.05) is 25.1 Å². The van der Waals surface area contributed by atoms with Crippen molar-refractivity contribution in [3.05, 3.63) is 59.7 Å². The van der Waals surface area contributed by atoms with E-state index >= 15 is 0 Å². The number of hydrogen-bond donors (Lipinski definition) is 1. The maximum atomic E-state index is 10.4. The summed E-state index contributed by atoms with van der Waals surface area (Å²) in [5, 5.41) is 9.52. The molecule has 3 nitrogen and oxygen atoms in total. The van der Waals surface area contributed by atoms with Gasteiger partial charge >= 0.3 is 0 Å². The molecule has 0 aliphatic heterocycles. The van der Waals surface area contributed by atoms with Gasteiger partial charge in [-0.05, 0) is 54.1 Å². The molecule has 0 saturated heterocycles. The van der Waals surface area contributed by atoms with Crippen molar-refractivity contribution in [3.63, 3.8) is 0 Å². The van der Waals surface area contributed by atoms with Crippen molar-refractivity contribution in [2.24, 2.45) is 0 Å². The second kappa shape index (κ2) is 6.19. The SMILES string of the molecule is CCc1cc(C#N)ccc1OP(O)(=S)c1ccccc1. The molecule has 20 heavy (non-hydrogen) atoms. The fourth-order valence-corrected chi connectivity index (χ4v) is 3.52. The monoisotopic (exact) mass is 303 g/mol. The molecule has 0 aromatic heterocycles. The summed E-state index contributed by atoms with van der Waals surface area (Å²) in [6.45, 7) is -1.12. The predicted octanol–water partition coefficient (Wildman–Crippen LogP) is 3.13. The molecule has 0 heterocycles. The van der Waals surface area contributed by atoms with Crippen molar-refractivity contribution < 1.29 is 9.42 Å². The Morgan fingerprint density at radius 1 is 1.25 bits per heavy atom. The van der Waals surface area contributed by atoms with Crippen molar-refractivity contribution in [1.82, 2.24) is 0 Å². The van der Waals surface area contributed by atoms with Gasteiger partial charge in [0.1, 0.15) is 5.75 Å². The third-order valence-electron chi connectivity index (χ3n) is 2.88. The van der Waals surface area contributed by atoms with Crippen molar-refractivity contribution in [3.8, 4) is 11.8 Å². The van der Waals surface area contributed by atoms with E-state index in [2.05, 4.69) is 6.07 Å². The molecule has 0 bridgehead atoms. The smallest absolute Gasteiger partial charge is 0.266 e. The van der Waals surface area contributed by atoms with Gasteiger partial charge in [0.25, 0.3) is 6.49 Å². The molecule has 2 rings (SSSR count). The minimum Gasteiger partial charge on any atom is -0.440 e. The maximum absolute atomic E-state index is 10.4. The van der Waals surface area contributed by atoms with Crippen LogP contribution < -0.4 is 9.83 Å². The molecule has 1 atom stereocenters. The highest BCUT2D eigenvalue weighted by Crippen LogP contribution is 2.43. The third kappa shape index (κ3) is 3.26. The van der Waals surface area contributed by atoms with E-state index in [1.165, 1.54) is 0 Å². The zero-order valence-electron chi connectivity index (χ0n) is 11.0. The van der Waals surface area contributed by atoms with Crippen LogP contribution in [0.25, 0.3) is 0 Å². The number of nitrogens with zero attached hydrogens (tertiary/aromatic N) is 1. The number of benzene rings is 2. The molecule has 0 saturated carbocycles. The standard InChI is InChI=1S/C15H14NO2PS/c1-2-13-10-12(11-16)8-9-15(13)18-19(17,20)14-6-4-3-5-7-14/h3-10H,2H2,1H3,(H,17,20). The summed E-state index contributed by atoms with van der Waals surface area (Å²) in [5.74, 6) is 0.543. The summed E-state index contributed by atoms with van der Waals surface area (Å²) in [5.41, 5.74) is 1.43. The van der Waals surface area contributed by atoms with E-state index < -0.39 is 6.49 Å². The van der Waals surface area contributed by atoms with Gasteiger partial charge in [0, 0.05) is 5.30 Å². The fraction of sp³-hybridized carbons (Fsp3) is 0.133. The summed E-state index contributed by atoms with van der Waals surface area (Å²) in [4.78, 5) is 10.4. The number of rotatable bonds is 4. The Kier molecular flexibility index (Phi) is 4.57. The van der Waals surface area contributed by atoms with Crippen LogP contribution in [0.3, 0.4) is 0 Å². The Labute approximate surface area is 123 Å². The first kappa shape index (κ1) is 14.7. The molecule has 2 aromatic carbocycles. The van der Waals surface area contributed by atoms with Crippen LogP contribution in [-0.4, -0.2) is 4.89 Å². The lowest BCUT2D eigenvalue weighted by molar-refractivity contribution is 0.492. The predicted molar refractivity (Wildman–Crippen MR) is 83.7 cm³/mol. The zero-order chi connectivity index (χ0) is 14.6. The largest absolute Gasteiger partial charge is 0.440 e. The third-order valence-corrected chi connectivity index (χ3v) is 5.13. The van der Waals surface area contributed by atoms with Gasteiger partial charge in [-0.15, -0.1) is 0 Å². The van der Waals surface area contributed by atoms with Crippen molar-refractivity contribution in [1.29, 1.82) is 5.26 Å². The van der Waals surface area contributed by atoms with E-state index in [0.29, 0.717) is 23.0 Å². The molecule has 102 valence electrons. The Morgan fingerprint density at radius 2 is 1.95 bits per heavy atom. The Morgan fingerprint density at radius 3 is 2.55 bits per heavy atom. The maximum Gasteiger partial charge on any atom is 0.266 e. The van der Waals surface area contributed by atoms with Gasteiger partial charge < -0.3 is 9.42 Å². The summed E-state index contributed by atoms with van der Waals surface area (Å²) in [6, 6.07) is 16.2. The minimum absolute atomic E-state index is 0.543. The van der Waals surface area contributed by atoms with Crippen molar-refractivity contribution >= 4 is 23.6 Å². The number of nitriles is 1. The van der Waals surface area contributed by atoms with E-state index in [1.807, 2.05) is 25.1 Å². The van der Waals surface area contributed by atoms with Gasteiger partial charge in [0.2, 0.25) is 0 Å². The lowest BCUT2D eigenvalue weighted by Crippen LogP contribution is -2.09. The molecule has 2 aromatic rings. The van der Waals surface area contributed by atoms with Gasteiger partial charge in [-0.3, -0.25) is 0 Å². The molecule has 1 unspecified atom stereocenters. The van der Waals surface area contributed by atoms with E-state index in [9.17, 15) is 4.89 Å². The topological polar surface area (TPSA) is 53.2 Å². The molecule has 0 aliphatic carbocycles. The van der Waals surface area contributed by atoms with Crippen LogP contribution in [0.1, 0.15) is 18.1 Å². The molecule has 0 aliphatic rings. The van der Waals surface area contributed by atoms with Crippen LogP contribution in [0, 0.1) is 11.3 Å². The summed E-state index contributed by atoms with van der Waals surface area (Å²) in [6.07, 6.45) is 0.703. The van der Waals surface area contributed by atoms with Crippen LogP contribution >= 0.6 is 6.49 Å². The molecule has 0 amide bonds. The van der Waals surface area contributed by atoms with Gasteiger partial charge in [-0.2, -0.15) is 5.26 Å². The van der Waals surface area contributed by atoms with Crippen molar-refractivity contribution in [2.45, 2.75) is 13.3 Å². The Balaban J connectivity index is 2.35. The van der Waals surface area contributed by atoms with E-state index in [1.54, 1.807) is 30.3 Å². The van der Waals surface area contributed by atoms with E-state index in [-0.39, 0.29) is 0 Å². The van der Waals surface area contributed by atoms with Gasteiger partial charge in [0.05, 0.1) is 11.6 Å². The molecular weight excluding hydrogens is 289 g/mol. The van der Waals surface area contributed by atoms with Crippen LogP contribution in [0.15, 0.2) is 48.5 Å². The quantitative estimate of drug-likeness (QED) is 0.882. The minimum atomic E-state index is -3.08. The lowest BCUT2D eigenvalue weighted by Gasteiger charge is -2.19.